The molecule has 6 nitrogen and oxygen atoms in total. The smallest absolute Gasteiger partial charge is 0.232 e. The summed E-state index contributed by atoms with van der Waals surface area (Å²) >= 11 is 0. The molecule has 3 heterocycles. The largest absolute Gasteiger partial charge is 0.473 e. The van der Waals surface area contributed by atoms with Gasteiger partial charge in [0.25, 0.3) is 0 Å². The maximum Gasteiger partial charge on any atom is 0.232 e. The molecular weight excluding hydrogens is 242 g/mol. The predicted molar refractivity (Wildman–Crippen MR) is 69.9 cm³/mol. The number of rotatable bonds is 3. The quantitative estimate of drug-likeness (QED) is 0.826. The monoisotopic (exact) mass is 257 g/mol. The van der Waals surface area contributed by atoms with Gasteiger partial charge in [-0.1, -0.05) is 0 Å². The maximum atomic E-state index is 5.80. The highest BCUT2D eigenvalue weighted by Gasteiger charge is 2.22. The summed E-state index contributed by atoms with van der Waals surface area (Å²) in [6, 6.07) is 1.83. The topological polar surface area (TPSA) is 64.0 Å². The van der Waals surface area contributed by atoms with Gasteiger partial charge in [0.05, 0.1) is 6.20 Å². The minimum Gasteiger partial charge on any atom is -0.473 e. The minimum absolute atomic E-state index is 0.191. The molecule has 1 aliphatic rings. The van der Waals surface area contributed by atoms with Gasteiger partial charge in [0, 0.05) is 50.7 Å². The summed E-state index contributed by atoms with van der Waals surface area (Å²) in [7, 11) is 0. The Kier molecular flexibility index (Phi) is 3.49. The van der Waals surface area contributed by atoms with Gasteiger partial charge < -0.3 is 9.64 Å². The summed E-state index contributed by atoms with van der Waals surface area (Å²) in [6.07, 6.45) is 10.5. The zero-order chi connectivity index (χ0) is 12.9. The van der Waals surface area contributed by atoms with Crippen molar-refractivity contribution in [1.82, 2.24) is 19.9 Å². The molecule has 0 amide bonds. The highest BCUT2D eigenvalue weighted by atomic mass is 16.5. The van der Waals surface area contributed by atoms with Crippen LogP contribution in [0, 0.1) is 0 Å². The maximum absolute atomic E-state index is 5.80. The van der Waals surface area contributed by atoms with E-state index in [1.54, 1.807) is 31.0 Å². The number of ether oxygens (including phenoxy) is 1. The van der Waals surface area contributed by atoms with Gasteiger partial charge in [0.2, 0.25) is 11.8 Å². The van der Waals surface area contributed by atoms with E-state index >= 15 is 0 Å². The van der Waals surface area contributed by atoms with Crippen molar-refractivity contribution in [2.24, 2.45) is 0 Å². The standard InChI is InChI=1S/C13H15N5O/c1-4-16-13(17-5-1)18-8-2-11(3-9-18)19-12-10-14-6-7-15-12/h1,4-7,10-11H,2-3,8-9H2. The zero-order valence-electron chi connectivity index (χ0n) is 10.5. The summed E-state index contributed by atoms with van der Waals surface area (Å²) in [5, 5.41) is 0. The molecule has 0 N–H and O–H groups in total. The van der Waals surface area contributed by atoms with Crippen molar-refractivity contribution >= 4 is 5.95 Å². The van der Waals surface area contributed by atoms with Crippen LogP contribution in [0.15, 0.2) is 37.1 Å². The predicted octanol–water partition coefficient (Wildman–Crippen LogP) is 1.31. The number of piperidine rings is 1. The number of hydrogen-bond acceptors (Lipinski definition) is 6. The van der Waals surface area contributed by atoms with E-state index in [0.29, 0.717) is 5.88 Å². The summed E-state index contributed by atoms with van der Waals surface area (Å²) in [5.41, 5.74) is 0. The average molecular weight is 257 g/mol. The van der Waals surface area contributed by atoms with E-state index in [4.69, 9.17) is 4.74 Å². The van der Waals surface area contributed by atoms with Crippen LogP contribution in [0.4, 0.5) is 5.95 Å². The van der Waals surface area contributed by atoms with E-state index in [9.17, 15) is 0 Å². The summed E-state index contributed by atoms with van der Waals surface area (Å²) < 4.78 is 5.80. The van der Waals surface area contributed by atoms with Crippen LogP contribution in [0.25, 0.3) is 0 Å². The van der Waals surface area contributed by atoms with Gasteiger partial charge in [-0.25, -0.2) is 15.0 Å². The van der Waals surface area contributed by atoms with Crippen LogP contribution in [-0.4, -0.2) is 39.1 Å². The number of anilines is 1. The second-order valence-electron chi connectivity index (χ2n) is 4.40. The fourth-order valence-electron chi connectivity index (χ4n) is 2.15. The van der Waals surface area contributed by atoms with Gasteiger partial charge >= 0.3 is 0 Å². The fourth-order valence-corrected chi connectivity index (χ4v) is 2.15. The van der Waals surface area contributed by atoms with E-state index in [1.807, 2.05) is 6.07 Å². The molecule has 3 rings (SSSR count). The molecule has 0 aromatic carbocycles. The van der Waals surface area contributed by atoms with Gasteiger partial charge in [0.15, 0.2) is 0 Å². The molecule has 0 atom stereocenters. The third-order valence-corrected chi connectivity index (χ3v) is 3.10. The normalized spacial score (nSPS) is 16.3. The summed E-state index contributed by atoms with van der Waals surface area (Å²) in [4.78, 5) is 18.8. The van der Waals surface area contributed by atoms with Crippen LogP contribution in [0.5, 0.6) is 5.88 Å². The van der Waals surface area contributed by atoms with Gasteiger partial charge in [-0.2, -0.15) is 0 Å². The molecule has 0 radical (unpaired) electrons. The van der Waals surface area contributed by atoms with Crippen molar-refractivity contribution in [3.8, 4) is 5.88 Å². The molecule has 2 aromatic rings. The van der Waals surface area contributed by atoms with Crippen LogP contribution >= 0.6 is 0 Å². The Labute approximate surface area is 111 Å². The molecule has 0 spiro atoms. The molecule has 6 heteroatoms. The van der Waals surface area contributed by atoms with Crippen molar-refractivity contribution in [3.05, 3.63) is 37.1 Å². The Hall–Kier alpha value is -2.24. The molecule has 0 saturated carbocycles. The lowest BCUT2D eigenvalue weighted by Gasteiger charge is -2.31. The Morgan fingerprint density at radius 2 is 1.79 bits per heavy atom. The molecule has 0 aliphatic carbocycles. The van der Waals surface area contributed by atoms with Gasteiger partial charge in [-0.3, -0.25) is 4.98 Å². The Balaban J connectivity index is 1.55. The Bertz CT molecular complexity index is 499. The summed E-state index contributed by atoms with van der Waals surface area (Å²) in [5.74, 6) is 1.39. The lowest BCUT2D eigenvalue weighted by atomic mass is 10.1. The Morgan fingerprint density at radius 1 is 1.00 bits per heavy atom. The molecular formula is C13H15N5O. The lowest BCUT2D eigenvalue weighted by molar-refractivity contribution is 0.163. The molecule has 1 fully saturated rings. The molecule has 1 saturated heterocycles. The third-order valence-electron chi connectivity index (χ3n) is 3.10. The minimum atomic E-state index is 0.191. The van der Waals surface area contributed by atoms with Crippen molar-refractivity contribution < 1.29 is 4.74 Å². The molecule has 19 heavy (non-hydrogen) atoms. The fraction of sp³-hybridized carbons (Fsp3) is 0.385. The first-order valence-electron chi connectivity index (χ1n) is 6.36. The molecule has 1 aliphatic heterocycles. The Morgan fingerprint density at radius 3 is 2.47 bits per heavy atom. The SMILES string of the molecule is c1cnc(N2CCC(Oc3cnccn3)CC2)nc1. The highest BCUT2D eigenvalue weighted by molar-refractivity contribution is 5.29. The van der Waals surface area contributed by atoms with E-state index in [2.05, 4.69) is 24.8 Å². The average Bonchev–Trinajstić information content (AvgIpc) is 2.50. The molecule has 0 bridgehead atoms. The highest BCUT2D eigenvalue weighted by Crippen LogP contribution is 2.18. The van der Waals surface area contributed by atoms with E-state index in [-0.39, 0.29) is 6.10 Å². The van der Waals surface area contributed by atoms with Crippen LogP contribution in [0.1, 0.15) is 12.8 Å². The number of nitrogens with zero attached hydrogens (tertiary/aromatic N) is 5. The van der Waals surface area contributed by atoms with Crippen LogP contribution < -0.4 is 9.64 Å². The second kappa shape index (κ2) is 5.60. The van der Waals surface area contributed by atoms with Crippen molar-refractivity contribution in [3.63, 3.8) is 0 Å². The first-order chi connectivity index (χ1) is 9.42. The van der Waals surface area contributed by atoms with Crippen LogP contribution in [0.3, 0.4) is 0 Å². The second-order valence-corrected chi connectivity index (χ2v) is 4.40. The van der Waals surface area contributed by atoms with Crippen molar-refractivity contribution in [1.29, 1.82) is 0 Å². The van der Waals surface area contributed by atoms with Crippen LogP contribution in [-0.2, 0) is 0 Å². The zero-order valence-corrected chi connectivity index (χ0v) is 10.5. The third kappa shape index (κ3) is 2.96. The molecule has 0 unspecified atom stereocenters. The van der Waals surface area contributed by atoms with Crippen molar-refractivity contribution in [2.75, 3.05) is 18.0 Å². The van der Waals surface area contributed by atoms with E-state index in [0.717, 1.165) is 31.9 Å². The van der Waals surface area contributed by atoms with E-state index < -0.39 is 0 Å². The first-order valence-corrected chi connectivity index (χ1v) is 6.36. The summed E-state index contributed by atoms with van der Waals surface area (Å²) in [6.45, 7) is 1.80. The van der Waals surface area contributed by atoms with Crippen molar-refractivity contribution in [2.45, 2.75) is 18.9 Å². The molecule has 2 aromatic heterocycles. The lowest BCUT2D eigenvalue weighted by Crippen LogP contribution is -2.39. The molecule has 98 valence electrons. The van der Waals surface area contributed by atoms with Gasteiger partial charge in [-0.05, 0) is 6.07 Å². The van der Waals surface area contributed by atoms with E-state index in [1.165, 1.54) is 0 Å². The van der Waals surface area contributed by atoms with Crippen LogP contribution in [0.2, 0.25) is 0 Å². The number of aromatic nitrogens is 4. The van der Waals surface area contributed by atoms with Gasteiger partial charge in [-0.15, -0.1) is 0 Å². The first kappa shape index (κ1) is 11.8. The van der Waals surface area contributed by atoms with Gasteiger partial charge in [0.1, 0.15) is 6.10 Å². The number of hydrogen-bond donors (Lipinski definition) is 0.